The molecule has 0 unspecified atom stereocenters. The molecule has 0 fully saturated rings. The highest BCUT2D eigenvalue weighted by molar-refractivity contribution is 5.34. The van der Waals surface area contributed by atoms with Crippen molar-refractivity contribution in [2.45, 2.75) is 20.0 Å². The van der Waals surface area contributed by atoms with Gasteiger partial charge in [-0.3, -0.25) is 0 Å². The minimum Gasteiger partial charge on any atom is -0.489 e. The van der Waals surface area contributed by atoms with Crippen molar-refractivity contribution in [3.05, 3.63) is 65.2 Å². The predicted octanol–water partition coefficient (Wildman–Crippen LogP) is 3.08. The van der Waals surface area contributed by atoms with Crippen LogP contribution in [0.25, 0.3) is 0 Å². The quantitative estimate of drug-likeness (QED) is 0.873. The summed E-state index contributed by atoms with van der Waals surface area (Å²) in [6.45, 7) is 3.33. The van der Waals surface area contributed by atoms with Crippen LogP contribution in [0.5, 0.6) is 5.75 Å². The molecule has 0 aromatic heterocycles. The van der Waals surface area contributed by atoms with Gasteiger partial charge >= 0.3 is 0 Å². The third-order valence-electron chi connectivity index (χ3n) is 2.86. The summed E-state index contributed by atoms with van der Waals surface area (Å²) in [5, 5.41) is 0. The minimum atomic E-state index is 0.600. The number of benzene rings is 2. The molecule has 18 heavy (non-hydrogen) atoms. The van der Waals surface area contributed by atoms with Crippen molar-refractivity contribution in [1.82, 2.24) is 0 Å². The van der Waals surface area contributed by atoms with Crippen LogP contribution in [0.2, 0.25) is 0 Å². The molecular formula is C16H19NO. The van der Waals surface area contributed by atoms with Crippen molar-refractivity contribution in [3.8, 4) is 5.75 Å². The van der Waals surface area contributed by atoms with Crippen molar-refractivity contribution in [3.63, 3.8) is 0 Å². The van der Waals surface area contributed by atoms with E-state index < -0.39 is 0 Å². The van der Waals surface area contributed by atoms with Crippen molar-refractivity contribution in [2.75, 3.05) is 6.54 Å². The third kappa shape index (κ3) is 3.34. The first kappa shape index (κ1) is 12.7. The van der Waals surface area contributed by atoms with Crippen LogP contribution in [0.1, 0.15) is 16.7 Å². The summed E-state index contributed by atoms with van der Waals surface area (Å²) in [6, 6.07) is 16.4. The highest BCUT2D eigenvalue weighted by Crippen LogP contribution is 2.19. The summed E-state index contributed by atoms with van der Waals surface area (Å²) in [5.74, 6) is 0.935. The number of ether oxygens (including phenoxy) is 1. The van der Waals surface area contributed by atoms with Crippen LogP contribution in [0, 0.1) is 6.92 Å². The molecule has 2 N–H and O–H groups in total. The molecule has 0 bridgehead atoms. The summed E-state index contributed by atoms with van der Waals surface area (Å²) in [4.78, 5) is 0. The molecule has 0 amide bonds. The summed E-state index contributed by atoms with van der Waals surface area (Å²) >= 11 is 0. The molecule has 2 heteroatoms. The van der Waals surface area contributed by atoms with Crippen molar-refractivity contribution in [2.24, 2.45) is 5.73 Å². The second kappa shape index (κ2) is 6.22. The summed E-state index contributed by atoms with van der Waals surface area (Å²) in [7, 11) is 0. The number of rotatable bonds is 5. The molecule has 2 rings (SSSR count). The maximum absolute atomic E-state index is 5.88. The van der Waals surface area contributed by atoms with E-state index in [2.05, 4.69) is 37.3 Å². The average molecular weight is 241 g/mol. The van der Waals surface area contributed by atoms with Gasteiger partial charge in [0.1, 0.15) is 12.4 Å². The maximum atomic E-state index is 5.88. The number of aryl methyl sites for hydroxylation is 1. The highest BCUT2D eigenvalue weighted by Gasteiger charge is 2.02. The van der Waals surface area contributed by atoms with Crippen LogP contribution in [-0.2, 0) is 13.0 Å². The largest absolute Gasteiger partial charge is 0.489 e. The van der Waals surface area contributed by atoms with Crippen molar-refractivity contribution >= 4 is 0 Å². The number of hydrogen-bond acceptors (Lipinski definition) is 2. The minimum absolute atomic E-state index is 0.600. The first-order valence-electron chi connectivity index (χ1n) is 6.26. The van der Waals surface area contributed by atoms with Gasteiger partial charge < -0.3 is 10.5 Å². The molecule has 2 aromatic carbocycles. The molecule has 2 nitrogen and oxygen atoms in total. The van der Waals surface area contributed by atoms with Crippen LogP contribution in [0.3, 0.4) is 0 Å². The molecule has 0 heterocycles. The fourth-order valence-corrected chi connectivity index (χ4v) is 1.97. The molecule has 94 valence electrons. The Hall–Kier alpha value is -1.80. The zero-order chi connectivity index (χ0) is 12.8. The Morgan fingerprint density at radius 1 is 1.06 bits per heavy atom. The third-order valence-corrected chi connectivity index (χ3v) is 2.86. The smallest absolute Gasteiger partial charge is 0.123 e. The van der Waals surface area contributed by atoms with E-state index in [1.807, 2.05) is 18.2 Å². The van der Waals surface area contributed by atoms with Crippen LogP contribution < -0.4 is 10.5 Å². The second-order valence-electron chi connectivity index (χ2n) is 4.42. The lowest BCUT2D eigenvalue weighted by atomic mass is 10.1. The summed E-state index contributed by atoms with van der Waals surface area (Å²) in [5.41, 5.74) is 9.22. The molecule has 0 atom stereocenters. The zero-order valence-electron chi connectivity index (χ0n) is 10.7. The number of hydrogen-bond donors (Lipinski definition) is 1. The Kier molecular flexibility index (Phi) is 4.37. The Labute approximate surface area is 108 Å². The van der Waals surface area contributed by atoms with Gasteiger partial charge in [0.15, 0.2) is 0 Å². The lowest BCUT2D eigenvalue weighted by Crippen LogP contribution is -2.05. The molecule has 0 aliphatic carbocycles. The van der Waals surface area contributed by atoms with E-state index in [4.69, 9.17) is 10.5 Å². The summed E-state index contributed by atoms with van der Waals surface area (Å²) < 4.78 is 5.88. The van der Waals surface area contributed by atoms with Gasteiger partial charge in [0.25, 0.3) is 0 Å². The van der Waals surface area contributed by atoms with Gasteiger partial charge in [-0.05, 0) is 37.1 Å². The van der Waals surface area contributed by atoms with Gasteiger partial charge in [-0.2, -0.15) is 0 Å². The number of para-hydroxylation sites is 1. The van der Waals surface area contributed by atoms with Gasteiger partial charge in [0.05, 0.1) is 0 Å². The van der Waals surface area contributed by atoms with E-state index in [0.717, 1.165) is 12.2 Å². The van der Waals surface area contributed by atoms with Crippen LogP contribution in [0.4, 0.5) is 0 Å². The molecule has 0 saturated carbocycles. The van der Waals surface area contributed by atoms with Gasteiger partial charge in [-0.25, -0.2) is 0 Å². The van der Waals surface area contributed by atoms with E-state index in [9.17, 15) is 0 Å². The van der Waals surface area contributed by atoms with Gasteiger partial charge in [-0.15, -0.1) is 0 Å². The molecule has 0 saturated heterocycles. The van der Waals surface area contributed by atoms with E-state index in [-0.39, 0.29) is 0 Å². The van der Waals surface area contributed by atoms with Crippen LogP contribution in [-0.4, -0.2) is 6.54 Å². The fraction of sp³-hybridized carbons (Fsp3) is 0.250. The number of nitrogens with two attached hydrogens (primary N) is 1. The SMILES string of the molecule is Cc1cccc(COc2ccccc2CCN)c1. The average Bonchev–Trinajstić information content (AvgIpc) is 2.38. The molecule has 0 aliphatic heterocycles. The van der Waals surface area contributed by atoms with Gasteiger partial charge in [0.2, 0.25) is 0 Å². The van der Waals surface area contributed by atoms with Crippen molar-refractivity contribution < 1.29 is 4.74 Å². The van der Waals surface area contributed by atoms with E-state index in [1.54, 1.807) is 0 Å². The first-order chi connectivity index (χ1) is 8.79. The normalized spacial score (nSPS) is 10.3. The van der Waals surface area contributed by atoms with Crippen molar-refractivity contribution in [1.29, 1.82) is 0 Å². The molecule has 2 aromatic rings. The fourth-order valence-electron chi connectivity index (χ4n) is 1.97. The van der Waals surface area contributed by atoms with E-state index in [0.29, 0.717) is 13.2 Å². The van der Waals surface area contributed by atoms with Crippen LogP contribution >= 0.6 is 0 Å². The topological polar surface area (TPSA) is 35.2 Å². The van der Waals surface area contributed by atoms with Gasteiger partial charge in [-0.1, -0.05) is 48.0 Å². The van der Waals surface area contributed by atoms with E-state index in [1.165, 1.54) is 16.7 Å². The van der Waals surface area contributed by atoms with Crippen LogP contribution in [0.15, 0.2) is 48.5 Å². The Balaban J connectivity index is 2.06. The zero-order valence-corrected chi connectivity index (χ0v) is 10.7. The Morgan fingerprint density at radius 2 is 1.89 bits per heavy atom. The first-order valence-corrected chi connectivity index (χ1v) is 6.26. The Morgan fingerprint density at radius 3 is 2.67 bits per heavy atom. The monoisotopic (exact) mass is 241 g/mol. The lowest BCUT2D eigenvalue weighted by molar-refractivity contribution is 0.303. The molecule has 0 radical (unpaired) electrons. The second-order valence-corrected chi connectivity index (χ2v) is 4.42. The highest BCUT2D eigenvalue weighted by atomic mass is 16.5. The standard InChI is InChI=1S/C16H19NO/c1-13-5-4-6-14(11-13)12-18-16-8-3-2-7-15(16)9-10-17/h2-8,11H,9-10,12,17H2,1H3. The lowest BCUT2D eigenvalue weighted by Gasteiger charge is -2.11. The molecular weight excluding hydrogens is 222 g/mol. The Bertz CT molecular complexity index is 508. The molecule has 0 aliphatic rings. The van der Waals surface area contributed by atoms with Gasteiger partial charge in [0, 0.05) is 0 Å². The maximum Gasteiger partial charge on any atom is 0.123 e. The summed E-state index contributed by atoms with van der Waals surface area (Å²) in [6.07, 6.45) is 0.851. The van der Waals surface area contributed by atoms with E-state index >= 15 is 0 Å². The molecule has 0 spiro atoms. The predicted molar refractivity (Wildman–Crippen MR) is 74.7 cm³/mol.